The van der Waals surface area contributed by atoms with Crippen LogP contribution >= 0.6 is 0 Å². The Morgan fingerprint density at radius 2 is 1.97 bits per heavy atom. The Labute approximate surface area is 170 Å². The van der Waals surface area contributed by atoms with E-state index in [4.69, 9.17) is 9.47 Å². The summed E-state index contributed by atoms with van der Waals surface area (Å²) in [6, 6.07) is 13.5. The van der Waals surface area contributed by atoms with Crippen molar-refractivity contribution in [2.45, 2.75) is 26.2 Å². The molecule has 2 heterocycles. The number of hydrogen-bond donors (Lipinski definition) is 1. The highest BCUT2D eigenvalue weighted by Gasteiger charge is 2.27. The van der Waals surface area contributed by atoms with Gasteiger partial charge in [-0.05, 0) is 61.6 Å². The molecule has 29 heavy (non-hydrogen) atoms. The van der Waals surface area contributed by atoms with Crippen LogP contribution in [0.1, 0.15) is 24.0 Å². The first-order valence-electron chi connectivity index (χ1n) is 10.1. The van der Waals surface area contributed by atoms with E-state index in [1.807, 2.05) is 49.4 Å². The first-order chi connectivity index (χ1) is 14.1. The minimum absolute atomic E-state index is 0.272. The predicted molar refractivity (Wildman–Crippen MR) is 111 cm³/mol. The lowest BCUT2D eigenvalue weighted by atomic mass is 9.97. The number of anilines is 2. The summed E-state index contributed by atoms with van der Waals surface area (Å²) in [5.41, 5.74) is 4.03. The van der Waals surface area contributed by atoms with Gasteiger partial charge in [0.05, 0.1) is 5.92 Å². The van der Waals surface area contributed by atoms with Crippen LogP contribution in [0.25, 0.3) is 0 Å². The van der Waals surface area contributed by atoms with Gasteiger partial charge < -0.3 is 19.7 Å². The lowest BCUT2D eigenvalue weighted by Gasteiger charge is -2.23. The maximum atomic E-state index is 12.3. The van der Waals surface area contributed by atoms with Gasteiger partial charge in [-0.15, -0.1) is 0 Å². The molecule has 6 heteroatoms. The fourth-order valence-electron chi connectivity index (χ4n) is 3.98. The lowest BCUT2D eigenvalue weighted by molar-refractivity contribution is -0.152. The number of nitrogens with zero attached hydrogens (tertiary/aromatic N) is 1. The van der Waals surface area contributed by atoms with Gasteiger partial charge in [0.25, 0.3) is 5.91 Å². The molecule has 0 radical (unpaired) electrons. The molecule has 1 saturated heterocycles. The van der Waals surface area contributed by atoms with Crippen LogP contribution < -0.4 is 15.0 Å². The quantitative estimate of drug-likeness (QED) is 0.788. The molecule has 0 spiro atoms. The van der Waals surface area contributed by atoms with Crippen molar-refractivity contribution in [3.63, 3.8) is 0 Å². The highest BCUT2D eigenvalue weighted by atomic mass is 16.5. The largest absolute Gasteiger partial charge is 0.492 e. The zero-order valence-corrected chi connectivity index (χ0v) is 16.6. The van der Waals surface area contributed by atoms with E-state index in [2.05, 4.69) is 10.2 Å². The Morgan fingerprint density at radius 1 is 1.17 bits per heavy atom. The number of hydrogen-bond acceptors (Lipinski definition) is 5. The molecule has 2 aromatic rings. The van der Waals surface area contributed by atoms with Crippen LogP contribution in [-0.4, -0.2) is 38.2 Å². The number of carbonyl (C=O) groups is 2. The first-order valence-corrected chi connectivity index (χ1v) is 10.1. The number of rotatable bonds is 5. The van der Waals surface area contributed by atoms with Crippen molar-refractivity contribution >= 4 is 23.3 Å². The van der Waals surface area contributed by atoms with Gasteiger partial charge in [0.15, 0.2) is 6.61 Å². The van der Waals surface area contributed by atoms with Crippen molar-refractivity contribution in [2.24, 2.45) is 5.92 Å². The van der Waals surface area contributed by atoms with Crippen molar-refractivity contribution in [3.8, 4) is 5.75 Å². The number of aryl methyl sites for hydroxylation is 1. The first kappa shape index (κ1) is 19.3. The molecule has 6 nitrogen and oxygen atoms in total. The molecule has 2 aliphatic heterocycles. The van der Waals surface area contributed by atoms with E-state index in [1.165, 1.54) is 18.5 Å². The number of amides is 1. The summed E-state index contributed by atoms with van der Waals surface area (Å²) in [7, 11) is 0. The fourth-order valence-corrected chi connectivity index (χ4v) is 3.98. The summed E-state index contributed by atoms with van der Waals surface area (Å²) in [6.07, 6.45) is 3.01. The minimum Gasteiger partial charge on any atom is -0.492 e. The number of esters is 1. The van der Waals surface area contributed by atoms with Crippen LogP contribution in [0.2, 0.25) is 0 Å². The zero-order chi connectivity index (χ0) is 20.2. The van der Waals surface area contributed by atoms with Crippen LogP contribution in [0, 0.1) is 12.8 Å². The topological polar surface area (TPSA) is 67.9 Å². The Kier molecular flexibility index (Phi) is 5.69. The molecule has 4 rings (SSSR count). The smallest absolute Gasteiger partial charge is 0.313 e. The normalized spacial score (nSPS) is 18.0. The second-order valence-electron chi connectivity index (χ2n) is 7.67. The molecule has 2 aromatic carbocycles. The third-order valence-corrected chi connectivity index (χ3v) is 5.49. The third kappa shape index (κ3) is 4.53. The van der Waals surface area contributed by atoms with Crippen LogP contribution in [0.3, 0.4) is 0 Å². The van der Waals surface area contributed by atoms with E-state index in [9.17, 15) is 9.59 Å². The van der Waals surface area contributed by atoms with Gasteiger partial charge in [0, 0.05) is 24.5 Å². The van der Waals surface area contributed by atoms with E-state index in [0.717, 1.165) is 30.0 Å². The third-order valence-electron chi connectivity index (χ3n) is 5.49. The number of benzene rings is 2. The summed E-state index contributed by atoms with van der Waals surface area (Å²) in [6.45, 7) is 4.18. The number of para-hydroxylation sites is 1. The second kappa shape index (κ2) is 8.55. The second-order valence-corrected chi connectivity index (χ2v) is 7.67. The summed E-state index contributed by atoms with van der Waals surface area (Å²) in [4.78, 5) is 26.9. The molecule has 1 N–H and O–H groups in total. The van der Waals surface area contributed by atoms with Crippen LogP contribution in [0.4, 0.5) is 11.4 Å². The molecule has 0 bridgehead atoms. The number of nitrogens with one attached hydrogen (secondary N) is 1. The SMILES string of the molecule is Cc1cc(NC(=O)COC(=O)[C@H]2COc3ccccc3C2)ccc1N1CCCC1. The van der Waals surface area contributed by atoms with E-state index in [0.29, 0.717) is 12.1 Å². The minimum atomic E-state index is -0.407. The fraction of sp³-hybridized carbons (Fsp3) is 0.391. The van der Waals surface area contributed by atoms with Gasteiger partial charge in [-0.3, -0.25) is 9.59 Å². The van der Waals surface area contributed by atoms with E-state index in [-0.39, 0.29) is 25.0 Å². The Morgan fingerprint density at radius 3 is 2.76 bits per heavy atom. The van der Waals surface area contributed by atoms with Crippen LogP contribution in [0.5, 0.6) is 5.75 Å². The van der Waals surface area contributed by atoms with Crippen LogP contribution in [0.15, 0.2) is 42.5 Å². The summed E-state index contributed by atoms with van der Waals surface area (Å²) >= 11 is 0. The summed E-state index contributed by atoms with van der Waals surface area (Å²) in [5, 5.41) is 2.81. The Balaban J connectivity index is 1.28. The molecule has 1 fully saturated rings. The molecule has 0 aromatic heterocycles. The molecule has 0 unspecified atom stereocenters. The average molecular weight is 394 g/mol. The molecular formula is C23H26N2O4. The van der Waals surface area contributed by atoms with E-state index in [1.54, 1.807) is 0 Å². The summed E-state index contributed by atoms with van der Waals surface area (Å²) < 4.78 is 10.8. The van der Waals surface area contributed by atoms with Crippen molar-refractivity contribution < 1.29 is 19.1 Å². The molecule has 1 atom stereocenters. The van der Waals surface area contributed by atoms with E-state index < -0.39 is 5.97 Å². The van der Waals surface area contributed by atoms with Gasteiger partial charge in [0.2, 0.25) is 0 Å². The standard InChI is InChI=1S/C23H26N2O4/c1-16-12-19(8-9-20(16)25-10-4-5-11-25)24-22(26)15-29-23(27)18-13-17-6-2-3-7-21(17)28-14-18/h2-3,6-9,12,18H,4-5,10-11,13-15H2,1H3,(H,24,26)/t18-/m1/s1. The van der Waals surface area contributed by atoms with Gasteiger partial charge in [-0.1, -0.05) is 18.2 Å². The average Bonchev–Trinajstić information content (AvgIpc) is 3.26. The number of carbonyl (C=O) groups excluding carboxylic acids is 2. The highest BCUT2D eigenvalue weighted by Crippen LogP contribution is 2.28. The lowest BCUT2D eigenvalue weighted by Crippen LogP contribution is -2.31. The van der Waals surface area contributed by atoms with Crippen molar-refractivity contribution in [1.29, 1.82) is 0 Å². The van der Waals surface area contributed by atoms with Gasteiger partial charge in [-0.2, -0.15) is 0 Å². The van der Waals surface area contributed by atoms with Crippen LogP contribution in [-0.2, 0) is 20.7 Å². The van der Waals surface area contributed by atoms with Crippen molar-refractivity contribution in [1.82, 2.24) is 0 Å². The monoisotopic (exact) mass is 394 g/mol. The molecular weight excluding hydrogens is 368 g/mol. The maximum Gasteiger partial charge on any atom is 0.313 e. The molecule has 0 saturated carbocycles. The molecule has 0 aliphatic carbocycles. The Bertz CT molecular complexity index is 906. The molecule has 1 amide bonds. The van der Waals surface area contributed by atoms with E-state index >= 15 is 0 Å². The Hall–Kier alpha value is -3.02. The molecule has 2 aliphatic rings. The van der Waals surface area contributed by atoms with Gasteiger partial charge in [0.1, 0.15) is 12.4 Å². The molecule has 152 valence electrons. The highest BCUT2D eigenvalue weighted by molar-refractivity contribution is 5.93. The van der Waals surface area contributed by atoms with Crippen molar-refractivity contribution in [2.75, 3.05) is 36.5 Å². The number of fused-ring (bicyclic) bond motifs is 1. The predicted octanol–water partition coefficient (Wildman–Crippen LogP) is 3.33. The van der Waals surface area contributed by atoms with Crippen molar-refractivity contribution in [3.05, 3.63) is 53.6 Å². The number of ether oxygens (including phenoxy) is 2. The zero-order valence-electron chi connectivity index (χ0n) is 16.6. The van der Waals surface area contributed by atoms with Gasteiger partial charge in [-0.25, -0.2) is 0 Å². The van der Waals surface area contributed by atoms with Gasteiger partial charge >= 0.3 is 5.97 Å². The summed E-state index contributed by atoms with van der Waals surface area (Å²) in [5.74, 6) is -0.333. The maximum absolute atomic E-state index is 12.3.